The van der Waals surface area contributed by atoms with E-state index in [0.717, 1.165) is 18.0 Å². The van der Waals surface area contributed by atoms with Gasteiger partial charge in [0.1, 0.15) is 0 Å². The summed E-state index contributed by atoms with van der Waals surface area (Å²) in [5.74, 6) is 0.885. The van der Waals surface area contributed by atoms with Crippen LogP contribution in [0.5, 0.6) is 0 Å². The summed E-state index contributed by atoms with van der Waals surface area (Å²) in [7, 11) is 0. The molecule has 1 aromatic rings. The zero-order chi connectivity index (χ0) is 13.0. The Labute approximate surface area is 109 Å². The first-order valence-corrected chi connectivity index (χ1v) is 6.72. The number of hydrogen-bond acceptors (Lipinski definition) is 2. The molecule has 0 aromatic heterocycles. The van der Waals surface area contributed by atoms with Crippen molar-refractivity contribution in [1.82, 2.24) is 10.6 Å². The second kappa shape index (κ2) is 6.01. The lowest BCUT2D eigenvalue weighted by atomic mass is 10.1. The average molecular weight is 246 g/mol. The third kappa shape index (κ3) is 4.15. The minimum absolute atomic E-state index is 0.0702. The summed E-state index contributed by atoms with van der Waals surface area (Å²) in [6.07, 6.45) is 2.63. The van der Waals surface area contributed by atoms with Crippen LogP contribution in [0.25, 0.3) is 0 Å². The molecule has 0 saturated heterocycles. The van der Waals surface area contributed by atoms with E-state index in [-0.39, 0.29) is 11.9 Å². The second-order valence-electron chi connectivity index (χ2n) is 5.27. The molecule has 1 aliphatic rings. The normalized spacial score (nSPS) is 16.3. The van der Waals surface area contributed by atoms with E-state index in [9.17, 15) is 4.79 Å². The van der Waals surface area contributed by atoms with Crippen LogP contribution in [0.3, 0.4) is 0 Å². The number of carbonyl (C=O) groups is 1. The minimum Gasteiger partial charge on any atom is -0.348 e. The highest BCUT2D eigenvalue weighted by Gasteiger charge is 2.20. The highest BCUT2D eigenvalue weighted by molar-refractivity contribution is 5.78. The van der Waals surface area contributed by atoms with Crippen molar-refractivity contribution in [3.8, 4) is 0 Å². The van der Waals surface area contributed by atoms with E-state index >= 15 is 0 Å². The summed E-state index contributed by atoms with van der Waals surface area (Å²) in [5, 5.41) is 6.21. The molecule has 1 fully saturated rings. The van der Waals surface area contributed by atoms with Crippen LogP contribution >= 0.6 is 0 Å². The van der Waals surface area contributed by atoms with Crippen molar-refractivity contribution in [2.45, 2.75) is 32.7 Å². The molecular formula is C15H22N2O. The van der Waals surface area contributed by atoms with E-state index in [0.29, 0.717) is 6.54 Å². The molecule has 0 aliphatic heterocycles. The first kappa shape index (κ1) is 13.1. The Bertz CT molecular complexity index is 395. The summed E-state index contributed by atoms with van der Waals surface area (Å²) >= 11 is 0. The number of rotatable bonds is 6. The van der Waals surface area contributed by atoms with E-state index in [1.165, 1.54) is 18.4 Å². The smallest absolute Gasteiger partial charge is 0.234 e. The fourth-order valence-corrected chi connectivity index (χ4v) is 1.94. The molecule has 0 spiro atoms. The van der Waals surface area contributed by atoms with Crippen LogP contribution < -0.4 is 10.6 Å². The molecule has 1 saturated carbocycles. The maximum Gasteiger partial charge on any atom is 0.234 e. The van der Waals surface area contributed by atoms with Gasteiger partial charge in [-0.2, -0.15) is 0 Å². The van der Waals surface area contributed by atoms with Gasteiger partial charge in [0.25, 0.3) is 0 Å². The van der Waals surface area contributed by atoms with E-state index in [4.69, 9.17) is 0 Å². The summed E-state index contributed by atoms with van der Waals surface area (Å²) in [4.78, 5) is 11.7. The van der Waals surface area contributed by atoms with Gasteiger partial charge in [-0.25, -0.2) is 0 Å². The topological polar surface area (TPSA) is 41.1 Å². The Kier molecular flexibility index (Phi) is 4.37. The van der Waals surface area contributed by atoms with Crippen molar-refractivity contribution in [1.29, 1.82) is 0 Å². The van der Waals surface area contributed by atoms with Gasteiger partial charge in [-0.05, 0) is 44.7 Å². The molecular weight excluding hydrogens is 224 g/mol. The quantitative estimate of drug-likeness (QED) is 0.807. The fourth-order valence-electron chi connectivity index (χ4n) is 1.94. The summed E-state index contributed by atoms with van der Waals surface area (Å²) in [6.45, 7) is 5.48. The second-order valence-corrected chi connectivity index (χ2v) is 5.27. The zero-order valence-corrected chi connectivity index (χ0v) is 11.2. The van der Waals surface area contributed by atoms with E-state index < -0.39 is 0 Å². The molecule has 0 radical (unpaired) electrons. The largest absolute Gasteiger partial charge is 0.348 e. The molecule has 1 aliphatic carbocycles. The van der Waals surface area contributed by atoms with Gasteiger partial charge >= 0.3 is 0 Å². The van der Waals surface area contributed by atoms with E-state index in [1.54, 1.807) is 0 Å². The Hall–Kier alpha value is -1.35. The lowest BCUT2D eigenvalue weighted by Crippen LogP contribution is -2.36. The third-order valence-corrected chi connectivity index (χ3v) is 3.37. The maximum atomic E-state index is 11.7. The Morgan fingerprint density at radius 2 is 2.00 bits per heavy atom. The molecule has 2 rings (SSSR count). The molecule has 0 unspecified atom stereocenters. The first-order valence-electron chi connectivity index (χ1n) is 6.72. The molecule has 3 nitrogen and oxygen atoms in total. The number of benzene rings is 1. The van der Waals surface area contributed by atoms with Crippen LogP contribution in [0.4, 0.5) is 0 Å². The molecule has 3 heteroatoms. The highest BCUT2D eigenvalue weighted by atomic mass is 16.1. The van der Waals surface area contributed by atoms with Crippen molar-refractivity contribution in [3.63, 3.8) is 0 Å². The third-order valence-electron chi connectivity index (χ3n) is 3.37. The number of amides is 1. The molecule has 98 valence electrons. The first-order chi connectivity index (χ1) is 8.65. The van der Waals surface area contributed by atoms with Crippen LogP contribution in [0.1, 0.15) is 36.9 Å². The van der Waals surface area contributed by atoms with Gasteiger partial charge < -0.3 is 10.6 Å². The van der Waals surface area contributed by atoms with Crippen molar-refractivity contribution >= 4 is 5.91 Å². The SMILES string of the molecule is Cc1ccc([C@H](C)NC(=O)CNCC2CC2)cc1. The van der Waals surface area contributed by atoms with E-state index in [1.807, 2.05) is 6.92 Å². The maximum absolute atomic E-state index is 11.7. The van der Waals surface area contributed by atoms with Gasteiger partial charge in [-0.1, -0.05) is 29.8 Å². The Morgan fingerprint density at radius 1 is 1.33 bits per heavy atom. The van der Waals surface area contributed by atoms with Gasteiger partial charge in [0.2, 0.25) is 5.91 Å². The van der Waals surface area contributed by atoms with Crippen molar-refractivity contribution in [2.75, 3.05) is 13.1 Å². The lowest BCUT2D eigenvalue weighted by molar-refractivity contribution is -0.120. The zero-order valence-electron chi connectivity index (χ0n) is 11.2. The number of nitrogens with one attached hydrogen (secondary N) is 2. The monoisotopic (exact) mass is 246 g/mol. The molecule has 0 heterocycles. The Morgan fingerprint density at radius 3 is 2.61 bits per heavy atom. The molecule has 1 atom stereocenters. The fraction of sp³-hybridized carbons (Fsp3) is 0.533. The molecule has 1 amide bonds. The molecule has 1 aromatic carbocycles. The van der Waals surface area contributed by atoms with Crippen molar-refractivity contribution in [3.05, 3.63) is 35.4 Å². The standard InChI is InChI=1S/C15H22N2O/c1-11-3-7-14(8-4-11)12(2)17-15(18)10-16-9-13-5-6-13/h3-4,7-8,12-13,16H,5-6,9-10H2,1-2H3,(H,17,18)/t12-/m0/s1. The van der Waals surface area contributed by atoms with Gasteiger partial charge in [-0.3, -0.25) is 4.79 Å². The van der Waals surface area contributed by atoms with Gasteiger partial charge in [0.05, 0.1) is 12.6 Å². The molecule has 0 bridgehead atoms. The predicted molar refractivity (Wildman–Crippen MR) is 73.3 cm³/mol. The number of aryl methyl sites for hydroxylation is 1. The van der Waals surface area contributed by atoms with Crippen LogP contribution in [-0.2, 0) is 4.79 Å². The summed E-state index contributed by atoms with van der Waals surface area (Å²) in [6, 6.07) is 8.35. The van der Waals surface area contributed by atoms with E-state index in [2.05, 4.69) is 41.8 Å². The summed E-state index contributed by atoms with van der Waals surface area (Å²) in [5.41, 5.74) is 2.39. The van der Waals surface area contributed by atoms with Crippen molar-refractivity contribution < 1.29 is 4.79 Å². The lowest BCUT2D eigenvalue weighted by Gasteiger charge is -2.15. The van der Waals surface area contributed by atoms with Crippen LogP contribution in [0.2, 0.25) is 0 Å². The Balaban J connectivity index is 1.73. The number of hydrogen-bond donors (Lipinski definition) is 2. The predicted octanol–water partition coefficient (Wildman–Crippen LogP) is 2.17. The van der Waals surface area contributed by atoms with Crippen molar-refractivity contribution in [2.24, 2.45) is 5.92 Å². The molecule has 2 N–H and O–H groups in total. The average Bonchev–Trinajstić information content (AvgIpc) is 3.13. The van der Waals surface area contributed by atoms with Gasteiger partial charge in [0.15, 0.2) is 0 Å². The summed E-state index contributed by atoms with van der Waals surface area (Å²) < 4.78 is 0. The van der Waals surface area contributed by atoms with Gasteiger partial charge in [0, 0.05) is 0 Å². The minimum atomic E-state index is 0.0702. The van der Waals surface area contributed by atoms with Crippen LogP contribution in [0.15, 0.2) is 24.3 Å². The highest BCUT2D eigenvalue weighted by Crippen LogP contribution is 2.27. The van der Waals surface area contributed by atoms with Crippen LogP contribution in [-0.4, -0.2) is 19.0 Å². The van der Waals surface area contributed by atoms with Gasteiger partial charge in [-0.15, -0.1) is 0 Å². The van der Waals surface area contributed by atoms with Crippen LogP contribution in [0, 0.1) is 12.8 Å². The molecule has 18 heavy (non-hydrogen) atoms. The number of carbonyl (C=O) groups excluding carboxylic acids is 1.